The smallest absolute Gasteiger partial charge is 0 e. The summed E-state index contributed by atoms with van der Waals surface area (Å²) in [5.41, 5.74) is 7.34. The predicted octanol–water partition coefficient (Wildman–Crippen LogP) is 5.78. The van der Waals surface area contributed by atoms with Crippen LogP contribution in [0, 0.1) is 34.6 Å². The third kappa shape index (κ3) is 3.82. The Morgan fingerprint density at radius 3 is 1.10 bits per heavy atom. The van der Waals surface area contributed by atoms with Gasteiger partial charge in [-0.05, 0) is 10.8 Å². The summed E-state index contributed by atoms with van der Waals surface area (Å²) in [5.74, 6) is 0. The van der Waals surface area contributed by atoms with Crippen LogP contribution in [0.4, 0.5) is 0 Å². The fourth-order valence-electron chi connectivity index (χ4n) is 2.54. The first-order valence-corrected chi connectivity index (χ1v) is 7.15. The van der Waals surface area contributed by atoms with Gasteiger partial charge in [0, 0.05) is 17.4 Å². The molecule has 0 aliphatic heterocycles. The van der Waals surface area contributed by atoms with E-state index in [0.717, 1.165) is 0 Å². The summed E-state index contributed by atoms with van der Waals surface area (Å²) in [6, 6.07) is 16.7. The van der Waals surface area contributed by atoms with E-state index < -0.39 is 0 Å². The van der Waals surface area contributed by atoms with Gasteiger partial charge in [0.1, 0.15) is 0 Å². The standard InChI is InChI=1S/C10H8.C10H15.Cr/c1-2-6-10-8-4-3-7-9(10)5-1;1-6-7(2)9(4)10(5)8(6)3;/h1-8H;1-5H3;/q;-1;. The Morgan fingerprint density at radius 2 is 0.905 bits per heavy atom. The topological polar surface area (TPSA) is 0 Å². The van der Waals surface area contributed by atoms with E-state index in [0.29, 0.717) is 0 Å². The zero-order valence-corrected chi connectivity index (χ0v) is 14.8. The van der Waals surface area contributed by atoms with Crippen molar-refractivity contribution in [1.29, 1.82) is 0 Å². The molecule has 0 N–H and O–H groups in total. The molecule has 0 aliphatic carbocycles. The SMILES string of the molecule is Cc1c(C)c(C)[c-](C)c1C.[Cr].c1ccc2ccccc2c1. The average Bonchev–Trinajstić information content (AvgIpc) is 2.66. The van der Waals surface area contributed by atoms with Crippen molar-refractivity contribution in [1.82, 2.24) is 0 Å². The van der Waals surface area contributed by atoms with Crippen LogP contribution in [0.1, 0.15) is 27.8 Å². The quantitative estimate of drug-likeness (QED) is 0.461. The summed E-state index contributed by atoms with van der Waals surface area (Å²) in [6.07, 6.45) is 0. The molecule has 0 amide bonds. The Morgan fingerprint density at radius 1 is 0.619 bits per heavy atom. The van der Waals surface area contributed by atoms with Crippen molar-refractivity contribution < 1.29 is 17.4 Å². The van der Waals surface area contributed by atoms with Crippen LogP contribution in [0.3, 0.4) is 0 Å². The second-order valence-electron chi connectivity index (χ2n) is 5.47. The Bertz CT molecular complexity index is 574. The van der Waals surface area contributed by atoms with Crippen LogP contribution in [0.25, 0.3) is 10.8 Å². The van der Waals surface area contributed by atoms with E-state index in [-0.39, 0.29) is 17.4 Å². The Labute approximate surface area is 139 Å². The minimum atomic E-state index is 0. The molecule has 0 saturated heterocycles. The first kappa shape index (κ1) is 17.6. The molecule has 0 fully saturated rings. The molecule has 21 heavy (non-hydrogen) atoms. The molecule has 0 bridgehead atoms. The van der Waals surface area contributed by atoms with E-state index in [1.165, 1.54) is 38.6 Å². The van der Waals surface area contributed by atoms with E-state index in [4.69, 9.17) is 0 Å². The summed E-state index contributed by atoms with van der Waals surface area (Å²) >= 11 is 0. The molecule has 0 atom stereocenters. The molecule has 110 valence electrons. The van der Waals surface area contributed by atoms with Gasteiger partial charge < -0.3 is 0 Å². The van der Waals surface area contributed by atoms with Crippen molar-refractivity contribution in [2.75, 3.05) is 0 Å². The normalized spacial score (nSPS) is 9.76. The van der Waals surface area contributed by atoms with E-state index in [1.807, 2.05) is 0 Å². The van der Waals surface area contributed by atoms with E-state index in [1.54, 1.807) is 0 Å². The molecule has 0 aromatic heterocycles. The fourth-order valence-corrected chi connectivity index (χ4v) is 2.54. The molecule has 0 radical (unpaired) electrons. The van der Waals surface area contributed by atoms with E-state index >= 15 is 0 Å². The molecule has 1 heteroatoms. The fraction of sp³-hybridized carbons (Fsp3) is 0.250. The summed E-state index contributed by atoms with van der Waals surface area (Å²) in [5, 5.41) is 2.62. The number of fused-ring (bicyclic) bond motifs is 1. The van der Waals surface area contributed by atoms with Crippen LogP contribution in [0.2, 0.25) is 0 Å². The molecular formula is C20H23Cr-. The summed E-state index contributed by atoms with van der Waals surface area (Å²) in [4.78, 5) is 0. The van der Waals surface area contributed by atoms with E-state index in [9.17, 15) is 0 Å². The maximum absolute atomic E-state index is 2.20. The number of hydrogen-bond donors (Lipinski definition) is 0. The van der Waals surface area contributed by atoms with Gasteiger partial charge in [0.2, 0.25) is 0 Å². The maximum Gasteiger partial charge on any atom is 0 e. The van der Waals surface area contributed by atoms with Gasteiger partial charge in [-0.3, -0.25) is 0 Å². The maximum atomic E-state index is 2.20. The third-order valence-corrected chi connectivity index (χ3v) is 4.47. The molecule has 0 heterocycles. The van der Waals surface area contributed by atoms with Crippen LogP contribution in [0.15, 0.2) is 48.5 Å². The van der Waals surface area contributed by atoms with Gasteiger partial charge >= 0.3 is 0 Å². The molecule has 3 aromatic rings. The molecule has 0 saturated carbocycles. The largest absolute Gasteiger partial charge is 0.196 e. The second kappa shape index (κ2) is 7.55. The molecule has 3 aromatic carbocycles. The zero-order chi connectivity index (χ0) is 14.7. The van der Waals surface area contributed by atoms with Crippen molar-refractivity contribution in [2.24, 2.45) is 0 Å². The Hall–Kier alpha value is -1.42. The zero-order valence-electron chi connectivity index (χ0n) is 13.5. The summed E-state index contributed by atoms with van der Waals surface area (Å²) in [6.45, 7) is 11.0. The van der Waals surface area contributed by atoms with E-state index in [2.05, 4.69) is 83.1 Å². The number of benzene rings is 2. The van der Waals surface area contributed by atoms with Crippen LogP contribution >= 0.6 is 0 Å². The molecule has 0 aliphatic rings. The van der Waals surface area contributed by atoms with Gasteiger partial charge in [-0.1, -0.05) is 83.1 Å². The Balaban J connectivity index is 0.000000200. The van der Waals surface area contributed by atoms with Crippen LogP contribution < -0.4 is 0 Å². The first-order valence-electron chi connectivity index (χ1n) is 7.15. The summed E-state index contributed by atoms with van der Waals surface area (Å²) in [7, 11) is 0. The average molecular weight is 315 g/mol. The summed E-state index contributed by atoms with van der Waals surface area (Å²) < 4.78 is 0. The van der Waals surface area contributed by atoms with Crippen LogP contribution in [-0.2, 0) is 17.4 Å². The van der Waals surface area contributed by atoms with Gasteiger partial charge in [0.15, 0.2) is 0 Å². The van der Waals surface area contributed by atoms with Crippen molar-refractivity contribution in [3.8, 4) is 0 Å². The minimum Gasteiger partial charge on any atom is -0.196 e. The monoisotopic (exact) mass is 315 g/mol. The van der Waals surface area contributed by atoms with Crippen molar-refractivity contribution in [3.63, 3.8) is 0 Å². The first-order chi connectivity index (χ1) is 9.52. The van der Waals surface area contributed by atoms with Gasteiger partial charge in [-0.25, -0.2) is 0 Å². The minimum absolute atomic E-state index is 0. The van der Waals surface area contributed by atoms with Crippen molar-refractivity contribution in [2.45, 2.75) is 34.6 Å². The molecule has 0 spiro atoms. The third-order valence-electron chi connectivity index (χ3n) is 4.47. The second-order valence-corrected chi connectivity index (χ2v) is 5.47. The molecule has 0 unspecified atom stereocenters. The van der Waals surface area contributed by atoms with Gasteiger partial charge in [-0.15, -0.1) is 0 Å². The van der Waals surface area contributed by atoms with Crippen molar-refractivity contribution in [3.05, 3.63) is 76.3 Å². The van der Waals surface area contributed by atoms with Crippen molar-refractivity contribution >= 4 is 10.8 Å². The Kier molecular flexibility index (Phi) is 6.34. The molecule has 3 rings (SSSR count). The molecule has 0 nitrogen and oxygen atoms in total. The van der Waals surface area contributed by atoms with Gasteiger partial charge in [0.25, 0.3) is 0 Å². The number of hydrogen-bond acceptors (Lipinski definition) is 0. The van der Waals surface area contributed by atoms with Gasteiger partial charge in [0.05, 0.1) is 0 Å². The predicted molar refractivity (Wildman–Crippen MR) is 89.7 cm³/mol. The van der Waals surface area contributed by atoms with Crippen LogP contribution in [0.5, 0.6) is 0 Å². The van der Waals surface area contributed by atoms with Crippen LogP contribution in [-0.4, -0.2) is 0 Å². The number of rotatable bonds is 0. The van der Waals surface area contributed by atoms with Gasteiger partial charge in [-0.2, -0.15) is 27.8 Å². The molecular weight excluding hydrogens is 292 g/mol.